The fourth-order valence-electron chi connectivity index (χ4n) is 3.71. The van der Waals surface area contributed by atoms with Gasteiger partial charge in [-0.1, -0.05) is 12.1 Å². The molecule has 1 aliphatic rings. The predicted octanol–water partition coefficient (Wildman–Crippen LogP) is 2.26. The molecule has 7 heteroatoms. The van der Waals surface area contributed by atoms with Crippen molar-refractivity contribution in [3.8, 4) is 0 Å². The summed E-state index contributed by atoms with van der Waals surface area (Å²) in [6.07, 6.45) is 5.42. The molecular formula is C20H25FN6. The standard InChI is InChI=1S/C20H25FN6/c1-14(12-15-2-4-17(21)5-3-15)23-10-11-27-20-19(24-8-9-25-20)18(26-27)16-6-7-22-13-16/h2-5,8-9,14,16,22-23H,6-7,10-13H2,1H3/t14-,16+/m1/s1. The fraction of sp³-hybridized carbons (Fsp3) is 0.450. The van der Waals surface area contributed by atoms with Gasteiger partial charge in [0.05, 0.1) is 12.2 Å². The first-order valence-corrected chi connectivity index (χ1v) is 9.56. The maximum atomic E-state index is 13.0. The van der Waals surface area contributed by atoms with E-state index in [1.54, 1.807) is 12.4 Å². The van der Waals surface area contributed by atoms with Gasteiger partial charge in [-0.3, -0.25) is 0 Å². The maximum Gasteiger partial charge on any atom is 0.177 e. The van der Waals surface area contributed by atoms with Gasteiger partial charge in [0.1, 0.15) is 11.3 Å². The minimum absolute atomic E-state index is 0.195. The van der Waals surface area contributed by atoms with E-state index in [4.69, 9.17) is 5.10 Å². The second-order valence-electron chi connectivity index (χ2n) is 7.21. The quantitative estimate of drug-likeness (QED) is 0.670. The normalized spacial score (nSPS) is 18.2. The van der Waals surface area contributed by atoms with Crippen molar-refractivity contribution in [1.29, 1.82) is 0 Å². The van der Waals surface area contributed by atoms with Gasteiger partial charge in [-0.25, -0.2) is 19.0 Å². The Kier molecular flexibility index (Phi) is 5.40. The molecule has 0 amide bonds. The highest BCUT2D eigenvalue weighted by Gasteiger charge is 2.24. The second-order valence-corrected chi connectivity index (χ2v) is 7.21. The molecule has 3 aromatic rings. The Morgan fingerprint density at radius 2 is 2.07 bits per heavy atom. The summed E-state index contributed by atoms with van der Waals surface area (Å²) in [5.74, 6) is 0.218. The van der Waals surface area contributed by atoms with E-state index in [1.165, 1.54) is 12.1 Å². The molecular weight excluding hydrogens is 343 g/mol. The number of nitrogens with one attached hydrogen (secondary N) is 2. The Morgan fingerprint density at radius 1 is 1.26 bits per heavy atom. The Labute approximate surface area is 158 Å². The Balaban J connectivity index is 1.39. The number of fused-ring (bicyclic) bond motifs is 1. The molecule has 1 aliphatic heterocycles. The van der Waals surface area contributed by atoms with Gasteiger partial charge in [0.25, 0.3) is 0 Å². The van der Waals surface area contributed by atoms with Gasteiger partial charge >= 0.3 is 0 Å². The number of benzene rings is 1. The molecule has 0 unspecified atom stereocenters. The van der Waals surface area contributed by atoms with Crippen LogP contribution < -0.4 is 10.6 Å². The van der Waals surface area contributed by atoms with E-state index in [9.17, 15) is 4.39 Å². The average Bonchev–Trinajstić information content (AvgIpc) is 3.32. The highest BCUT2D eigenvalue weighted by Crippen LogP contribution is 2.26. The van der Waals surface area contributed by atoms with Crippen molar-refractivity contribution in [2.45, 2.75) is 38.3 Å². The van der Waals surface area contributed by atoms with Crippen molar-refractivity contribution in [3.05, 3.63) is 53.7 Å². The number of hydrogen-bond donors (Lipinski definition) is 2. The van der Waals surface area contributed by atoms with Crippen LogP contribution in [-0.4, -0.2) is 45.4 Å². The summed E-state index contributed by atoms with van der Waals surface area (Å²) in [5, 5.41) is 11.8. The third kappa shape index (κ3) is 4.14. The van der Waals surface area contributed by atoms with E-state index in [0.717, 1.165) is 61.4 Å². The maximum absolute atomic E-state index is 13.0. The lowest BCUT2D eigenvalue weighted by Gasteiger charge is -2.14. The van der Waals surface area contributed by atoms with Crippen molar-refractivity contribution in [2.24, 2.45) is 0 Å². The Bertz CT molecular complexity index is 885. The molecule has 4 rings (SSSR count). The number of hydrogen-bond acceptors (Lipinski definition) is 5. The monoisotopic (exact) mass is 368 g/mol. The zero-order valence-electron chi connectivity index (χ0n) is 15.5. The molecule has 2 N–H and O–H groups in total. The third-order valence-electron chi connectivity index (χ3n) is 5.11. The lowest BCUT2D eigenvalue weighted by molar-refractivity contribution is 0.494. The van der Waals surface area contributed by atoms with Crippen LogP contribution in [0.2, 0.25) is 0 Å². The van der Waals surface area contributed by atoms with Gasteiger partial charge in [0.15, 0.2) is 5.65 Å². The second kappa shape index (κ2) is 8.10. The number of halogens is 1. The van der Waals surface area contributed by atoms with Crippen LogP contribution in [0.4, 0.5) is 4.39 Å². The van der Waals surface area contributed by atoms with E-state index >= 15 is 0 Å². The minimum atomic E-state index is -0.195. The smallest absolute Gasteiger partial charge is 0.177 e. The van der Waals surface area contributed by atoms with Crippen LogP contribution >= 0.6 is 0 Å². The van der Waals surface area contributed by atoms with Crippen molar-refractivity contribution < 1.29 is 4.39 Å². The molecule has 3 heterocycles. The summed E-state index contributed by atoms with van der Waals surface area (Å²) >= 11 is 0. The van der Waals surface area contributed by atoms with Gasteiger partial charge in [-0.15, -0.1) is 0 Å². The number of nitrogens with zero attached hydrogens (tertiary/aromatic N) is 4. The molecule has 0 aliphatic carbocycles. The summed E-state index contributed by atoms with van der Waals surface area (Å²) in [7, 11) is 0. The lowest BCUT2D eigenvalue weighted by Crippen LogP contribution is -2.31. The number of rotatable bonds is 7. The van der Waals surface area contributed by atoms with E-state index in [2.05, 4.69) is 27.5 Å². The molecule has 6 nitrogen and oxygen atoms in total. The summed E-state index contributed by atoms with van der Waals surface area (Å²) in [5.41, 5.74) is 3.96. The van der Waals surface area contributed by atoms with Crippen molar-refractivity contribution >= 4 is 11.2 Å². The molecule has 2 atom stereocenters. The van der Waals surface area contributed by atoms with Crippen molar-refractivity contribution in [1.82, 2.24) is 30.4 Å². The summed E-state index contributed by atoms with van der Waals surface area (Å²) < 4.78 is 15.0. The van der Waals surface area contributed by atoms with Crippen LogP contribution in [0.3, 0.4) is 0 Å². The van der Waals surface area contributed by atoms with E-state index in [-0.39, 0.29) is 5.82 Å². The summed E-state index contributed by atoms with van der Waals surface area (Å²) in [6, 6.07) is 6.99. The molecule has 142 valence electrons. The first-order chi connectivity index (χ1) is 13.2. The van der Waals surface area contributed by atoms with Gasteiger partial charge < -0.3 is 10.6 Å². The van der Waals surface area contributed by atoms with Gasteiger partial charge in [0, 0.05) is 37.4 Å². The van der Waals surface area contributed by atoms with Crippen LogP contribution in [0.15, 0.2) is 36.7 Å². The summed E-state index contributed by atoms with van der Waals surface area (Å²) in [6.45, 7) is 5.65. The molecule has 0 saturated carbocycles. The molecule has 0 spiro atoms. The molecule has 0 bridgehead atoms. The molecule has 1 aromatic carbocycles. The predicted molar refractivity (Wildman–Crippen MR) is 103 cm³/mol. The van der Waals surface area contributed by atoms with Crippen LogP contribution in [0, 0.1) is 5.82 Å². The van der Waals surface area contributed by atoms with Crippen LogP contribution in [0.25, 0.3) is 11.2 Å². The zero-order chi connectivity index (χ0) is 18.6. The average molecular weight is 368 g/mol. The summed E-state index contributed by atoms with van der Waals surface area (Å²) in [4.78, 5) is 9.03. The van der Waals surface area contributed by atoms with Crippen LogP contribution in [-0.2, 0) is 13.0 Å². The highest BCUT2D eigenvalue weighted by molar-refractivity contribution is 5.73. The van der Waals surface area contributed by atoms with Gasteiger partial charge in [-0.2, -0.15) is 5.10 Å². The van der Waals surface area contributed by atoms with E-state index in [0.29, 0.717) is 12.0 Å². The molecule has 0 radical (unpaired) electrons. The molecule has 2 aromatic heterocycles. The van der Waals surface area contributed by atoms with Crippen LogP contribution in [0.5, 0.6) is 0 Å². The third-order valence-corrected chi connectivity index (χ3v) is 5.11. The molecule has 27 heavy (non-hydrogen) atoms. The first kappa shape index (κ1) is 18.0. The van der Waals surface area contributed by atoms with E-state index < -0.39 is 0 Å². The molecule has 1 saturated heterocycles. The SMILES string of the molecule is C[C@H](Cc1ccc(F)cc1)NCCn1nc([C@H]2CCNC2)c2nccnc21. The molecule has 1 fully saturated rings. The van der Waals surface area contributed by atoms with Crippen LogP contribution in [0.1, 0.15) is 30.5 Å². The number of aromatic nitrogens is 4. The largest absolute Gasteiger partial charge is 0.316 e. The zero-order valence-corrected chi connectivity index (χ0v) is 15.5. The highest BCUT2D eigenvalue weighted by atomic mass is 19.1. The van der Waals surface area contributed by atoms with E-state index in [1.807, 2.05) is 16.8 Å². The van der Waals surface area contributed by atoms with Crippen molar-refractivity contribution in [3.63, 3.8) is 0 Å². The topological polar surface area (TPSA) is 67.7 Å². The lowest BCUT2D eigenvalue weighted by atomic mass is 10.0. The Morgan fingerprint density at radius 3 is 2.85 bits per heavy atom. The minimum Gasteiger partial charge on any atom is -0.316 e. The van der Waals surface area contributed by atoms with Gasteiger partial charge in [-0.05, 0) is 44.0 Å². The first-order valence-electron chi connectivity index (χ1n) is 9.56. The van der Waals surface area contributed by atoms with Gasteiger partial charge in [0.2, 0.25) is 0 Å². The Hall–Kier alpha value is -2.38. The van der Waals surface area contributed by atoms with Crippen molar-refractivity contribution in [2.75, 3.05) is 19.6 Å². The fourth-order valence-corrected chi connectivity index (χ4v) is 3.71.